The van der Waals surface area contributed by atoms with Crippen LogP contribution in [0, 0.1) is 0 Å². The Kier molecular flexibility index (Phi) is 6.11. The van der Waals surface area contributed by atoms with Gasteiger partial charge in [0.15, 0.2) is 18.1 Å². The van der Waals surface area contributed by atoms with Crippen LogP contribution in [-0.4, -0.2) is 19.6 Å². The van der Waals surface area contributed by atoms with Crippen LogP contribution in [0.15, 0.2) is 69.9 Å². The van der Waals surface area contributed by atoms with E-state index in [4.69, 9.17) is 13.6 Å². The molecule has 0 fully saturated rings. The third kappa shape index (κ3) is 5.26. The molecule has 0 unspecified atom stereocenters. The van der Waals surface area contributed by atoms with E-state index in [1.165, 1.54) is 0 Å². The summed E-state index contributed by atoms with van der Waals surface area (Å²) in [5, 5.41) is 2.96. The highest BCUT2D eigenvalue weighted by Crippen LogP contribution is 2.10. The van der Waals surface area contributed by atoms with Gasteiger partial charge in [-0.25, -0.2) is 0 Å². The van der Waals surface area contributed by atoms with Crippen molar-refractivity contribution in [3.63, 3.8) is 0 Å². The summed E-state index contributed by atoms with van der Waals surface area (Å²) in [6, 6.07) is 15.2. The van der Waals surface area contributed by atoms with E-state index >= 15 is 0 Å². The maximum absolute atomic E-state index is 12.4. The van der Waals surface area contributed by atoms with Crippen LogP contribution in [0.4, 0.5) is 0 Å². The first-order chi connectivity index (χ1) is 12.7. The van der Waals surface area contributed by atoms with Gasteiger partial charge in [0.1, 0.15) is 18.8 Å². The molecule has 0 radical (unpaired) electrons. The molecule has 2 heterocycles. The second kappa shape index (κ2) is 8.92. The summed E-state index contributed by atoms with van der Waals surface area (Å²) >= 11 is 0. The Morgan fingerprint density at radius 3 is 2.12 bits per heavy atom. The summed E-state index contributed by atoms with van der Waals surface area (Å²) < 4.78 is 16.0. The predicted molar refractivity (Wildman–Crippen MR) is 95.5 cm³/mol. The monoisotopic (exact) mass is 355 g/mol. The van der Waals surface area contributed by atoms with Crippen LogP contribution in [0.3, 0.4) is 0 Å². The average Bonchev–Trinajstić information content (AvgIpc) is 3.34. The molecule has 0 aliphatic heterocycles. The van der Waals surface area contributed by atoms with Gasteiger partial charge in [-0.1, -0.05) is 12.1 Å². The lowest BCUT2D eigenvalue weighted by Gasteiger charge is -2.17. The fourth-order valence-corrected chi connectivity index (χ4v) is 2.74. The summed E-state index contributed by atoms with van der Waals surface area (Å²) in [5.74, 6) is 2.46. The molecule has 0 spiro atoms. The van der Waals surface area contributed by atoms with Gasteiger partial charge in [0, 0.05) is 6.54 Å². The highest BCUT2D eigenvalue weighted by Gasteiger charge is 2.18. The van der Waals surface area contributed by atoms with E-state index in [0.717, 1.165) is 27.7 Å². The molecule has 0 aliphatic carbocycles. The Balaban J connectivity index is 1.55. The lowest BCUT2D eigenvalue weighted by atomic mass is 10.2. The van der Waals surface area contributed by atoms with Crippen molar-refractivity contribution in [2.24, 2.45) is 0 Å². The van der Waals surface area contributed by atoms with Gasteiger partial charge in [0.25, 0.3) is 5.91 Å². The van der Waals surface area contributed by atoms with E-state index in [1.807, 2.05) is 48.5 Å². The first-order valence-corrected chi connectivity index (χ1v) is 8.51. The highest BCUT2D eigenvalue weighted by molar-refractivity contribution is 5.76. The van der Waals surface area contributed by atoms with Gasteiger partial charge in [-0.05, 0) is 42.0 Å². The fourth-order valence-electron chi connectivity index (χ4n) is 2.74. The van der Waals surface area contributed by atoms with Crippen molar-refractivity contribution in [3.05, 3.63) is 78.1 Å². The van der Waals surface area contributed by atoms with Crippen molar-refractivity contribution in [1.29, 1.82) is 0 Å². The third-order valence-electron chi connectivity index (χ3n) is 4.07. The maximum atomic E-state index is 12.4. The van der Waals surface area contributed by atoms with E-state index < -0.39 is 0 Å². The van der Waals surface area contributed by atoms with E-state index in [2.05, 4.69) is 5.32 Å². The lowest BCUT2D eigenvalue weighted by Crippen LogP contribution is -3.10. The van der Waals surface area contributed by atoms with Crippen LogP contribution in [0.1, 0.15) is 17.1 Å². The first kappa shape index (κ1) is 17.8. The standard InChI is InChI=1S/C20H22N2O4/c1-24-17-8-6-16(7-9-17)12-21-20(23)15-22(13-18-4-2-10-25-18)14-19-5-3-11-26-19/h2-11H,12-15H2,1H3,(H,21,23)/p+1. The van der Waals surface area contributed by atoms with E-state index in [-0.39, 0.29) is 5.91 Å². The molecule has 0 saturated carbocycles. The lowest BCUT2D eigenvalue weighted by molar-refractivity contribution is -0.921. The Bertz CT molecular complexity index is 744. The van der Waals surface area contributed by atoms with Gasteiger partial charge in [-0.3, -0.25) is 4.79 Å². The molecule has 0 aliphatic rings. The largest absolute Gasteiger partial charge is 0.497 e. The summed E-state index contributed by atoms with van der Waals surface area (Å²) in [7, 11) is 1.63. The van der Waals surface area contributed by atoms with Gasteiger partial charge >= 0.3 is 0 Å². The number of methoxy groups -OCH3 is 1. The number of furan rings is 2. The topological polar surface area (TPSA) is 69.0 Å². The highest BCUT2D eigenvalue weighted by atomic mass is 16.5. The van der Waals surface area contributed by atoms with Crippen LogP contribution in [-0.2, 0) is 24.4 Å². The minimum Gasteiger partial charge on any atom is -0.497 e. The Hall–Kier alpha value is -2.99. The molecule has 2 N–H and O–H groups in total. The number of carbonyl (C=O) groups is 1. The van der Waals surface area contributed by atoms with Crippen molar-refractivity contribution in [3.8, 4) is 5.75 Å². The number of hydrogen-bond acceptors (Lipinski definition) is 4. The van der Waals surface area contributed by atoms with E-state index in [9.17, 15) is 4.79 Å². The molecule has 6 heteroatoms. The Morgan fingerprint density at radius 2 is 1.62 bits per heavy atom. The van der Waals surface area contributed by atoms with Crippen molar-refractivity contribution in [2.75, 3.05) is 13.7 Å². The van der Waals surface area contributed by atoms with Crippen molar-refractivity contribution in [2.45, 2.75) is 19.6 Å². The van der Waals surface area contributed by atoms with Crippen molar-refractivity contribution < 1.29 is 23.3 Å². The van der Waals surface area contributed by atoms with Gasteiger partial charge in [-0.2, -0.15) is 0 Å². The van der Waals surface area contributed by atoms with Crippen LogP contribution < -0.4 is 15.0 Å². The Morgan fingerprint density at radius 1 is 1.00 bits per heavy atom. The van der Waals surface area contributed by atoms with Crippen molar-refractivity contribution >= 4 is 5.91 Å². The quantitative estimate of drug-likeness (QED) is 0.614. The maximum Gasteiger partial charge on any atom is 0.275 e. The van der Waals surface area contributed by atoms with Crippen LogP contribution >= 0.6 is 0 Å². The minimum absolute atomic E-state index is 0.0195. The normalized spacial score (nSPS) is 10.8. The van der Waals surface area contributed by atoms with Gasteiger partial charge < -0.3 is 23.8 Å². The molecule has 0 atom stereocenters. The molecule has 1 aromatic carbocycles. The van der Waals surface area contributed by atoms with Crippen LogP contribution in [0.5, 0.6) is 5.75 Å². The molecule has 3 rings (SSSR count). The molecule has 136 valence electrons. The van der Waals surface area contributed by atoms with Crippen molar-refractivity contribution in [1.82, 2.24) is 5.32 Å². The number of hydrogen-bond donors (Lipinski definition) is 2. The molecular formula is C20H23N2O4+. The number of quaternary nitrogens is 1. The number of ether oxygens (including phenoxy) is 1. The Labute approximate surface area is 152 Å². The van der Waals surface area contributed by atoms with Crippen LogP contribution in [0.2, 0.25) is 0 Å². The number of amides is 1. The molecule has 6 nitrogen and oxygen atoms in total. The molecule has 1 amide bonds. The second-order valence-corrected chi connectivity index (χ2v) is 6.06. The number of rotatable bonds is 9. The fraction of sp³-hybridized carbons (Fsp3) is 0.250. The van der Waals surface area contributed by atoms with Gasteiger partial charge in [0.2, 0.25) is 0 Å². The SMILES string of the molecule is COc1ccc(CNC(=O)C[NH+](Cc2ccco2)Cc2ccco2)cc1. The minimum atomic E-state index is -0.0195. The number of carbonyl (C=O) groups excluding carboxylic acids is 1. The van der Waals surface area contributed by atoms with Crippen LogP contribution in [0.25, 0.3) is 0 Å². The van der Waals surface area contributed by atoms with E-state index in [0.29, 0.717) is 26.2 Å². The average molecular weight is 355 g/mol. The smallest absolute Gasteiger partial charge is 0.275 e. The molecule has 26 heavy (non-hydrogen) atoms. The third-order valence-corrected chi connectivity index (χ3v) is 4.07. The zero-order valence-corrected chi connectivity index (χ0v) is 14.7. The summed E-state index contributed by atoms with van der Waals surface area (Å²) in [6.07, 6.45) is 3.28. The summed E-state index contributed by atoms with van der Waals surface area (Å²) in [5.41, 5.74) is 1.03. The zero-order chi connectivity index (χ0) is 18.2. The molecular weight excluding hydrogens is 332 g/mol. The summed E-state index contributed by atoms with van der Waals surface area (Å²) in [6.45, 7) is 2.04. The first-order valence-electron chi connectivity index (χ1n) is 8.51. The number of nitrogens with one attached hydrogen (secondary N) is 2. The zero-order valence-electron chi connectivity index (χ0n) is 14.7. The van der Waals surface area contributed by atoms with Gasteiger partial charge in [0.05, 0.1) is 19.6 Å². The second-order valence-electron chi connectivity index (χ2n) is 6.06. The predicted octanol–water partition coefficient (Wildman–Crippen LogP) is 1.78. The van der Waals surface area contributed by atoms with Gasteiger partial charge in [-0.15, -0.1) is 0 Å². The summed E-state index contributed by atoms with van der Waals surface area (Å²) in [4.78, 5) is 13.4. The molecule has 2 aromatic heterocycles. The molecule has 3 aromatic rings. The molecule has 0 bridgehead atoms. The molecule has 0 saturated heterocycles. The number of benzene rings is 1. The van der Waals surface area contributed by atoms with E-state index in [1.54, 1.807) is 19.6 Å².